The zero-order chi connectivity index (χ0) is 17.5. The molecule has 8 nitrogen and oxygen atoms in total. The van der Waals surface area contributed by atoms with Crippen molar-refractivity contribution in [1.29, 1.82) is 0 Å². The Morgan fingerprint density at radius 1 is 1.12 bits per heavy atom. The predicted molar refractivity (Wildman–Crippen MR) is 88.6 cm³/mol. The van der Waals surface area contributed by atoms with Gasteiger partial charge in [0.1, 0.15) is 0 Å². The van der Waals surface area contributed by atoms with Crippen molar-refractivity contribution >= 4 is 17.8 Å². The van der Waals surface area contributed by atoms with E-state index in [2.05, 4.69) is 25.6 Å². The van der Waals surface area contributed by atoms with Crippen molar-refractivity contribution in [2.45, 2.75) is 13.8 Å². The largest absolute Gasteiger partial charge is 0.478 e. The number of anilines is 1. The number of carbonyl (C=O) groups excluding carboxylic acids is 1. The molecule has 24 heavy (non-hydrogen) atoms. The summed E-state index contributed by atoms with van der Waals surface area (Å²) in [6.07, 6.45) is 2.99. The van der Waals surface area contributed by atoms with Crippen LogP contribution >= 0.6 is 0 Å². The second-order valence-corrected chi connectivity index (χ2v) is 5.37. The normalized spacial score (nSPS) is 10.5. The molecular formula is C16H19N5O3. The summed E-state index contributed by atoms with van der Waals surface area (Å²) in [7, 11) is 0. The molecular weight excluding hydrogens is 310 g/mol. The molecule has 126 valence electrons. The molecule has 2 aromatic rings. The fourth-order valence-electron chi connectivity index (χ4n) is 1.85. The van der Waals surface area contributed by atoms with Crippen LogP contribution in [-0.4, -0.2) is 45.0 Å². The molecule has 0 aromatic carbocycles. The van der Waals surface area contributed by atoms with E-state index in [-0.39, 0.29) is 17.4 Å². The fourth-order valence-corrected chi connectivity index (χ4v) is 1.85. The van der Waals surface area contributed by atoms with Crippen LogP contribution in [0.2, 0.25) is 0 Å². The highest BCUT2D eigenvalue weighted by Gasteiger charge is 2.08. The highest BCUT2D eigenvalue weighted by molar-refractivity contribution is 5.88. The number of pyridine rings is 1. The Balaban J connectivity index is 2.00. The summed E-state index contributed by atoms with van der Waals surface area (Å²) < 4.78 is 0. The van der Waals surface area contributed by atoms with Crippen LogP contribution in [0.1, 0.15) is 24.2 Å². The van der Waals surface area contributed by atoms with Gasteiger partial charge in [-0.1, -0.05) is 13.8 Å². The van der Waals surface area contributed by atoms with Gasteiger partial charge in [-0.15, -0.1) is 0 Å². The minimum absolute atomic E-state index is 0.0128. The predicted octanol–water partition coefficient (Wildman–Crippen LogP) is 1.42. The molecule has 0 radical (unpaired) electrons. The van der Waals surface area contributed by atoms with Crippen LogP contribution in [0.25, 0.3) is 11.4 Å². The van der Waals surface area contributed by atoms with Gasteiger partial charge in [0.25, 0.3) is 0 Å². The van der Waals surface area contributed by atoms with E-state index in [1.165, 1.54) is 18.3 Å². The summed E-state index contributed by atoms with van der Waals surface area (Å²) >= 11 is 0. The molecule has 0 atom stereocenters. The van der Waals surface area contributed by atoms with Gasteiger partial charge >= 0.3 is 5.97 Å². The van der Waals surface area contributed by atoms with Crippen molar-refractivity contribution in [3.8, 4) is 11.4 Å². The van der Waals surface area contributed by atoms with E-state index < -0.39 is 5.97 Å². The third kappa shape index (κ3) is 4.73. The highest BCUT2D eigenvalue weighted by Crippen LogP contribution is 2.16. The van der Waals surface area contributed by atoms with Gasteiger partial charge in [0, 0.05) is 31.4 Å². The Morgan fingerprint density at radius 3 is 2.58 bits per heavy atom. The average molecular weight is 329 g/mol. The molecule has 3 N–H and O–H groups in total. The lowest BCUT2D eigenvalue weighted by atomic mass is 10.2. The highest BCUT2D eigenvalue weighted by atomic mass is 16.4. The van der Waals surface area contributed by atoms with E-state index in [1.807, 2.05) is 13.8 Å². The molecule has 8 heteroatoms. The van der Waals surface area contributed by atoms with Gasteiger partial charge in [0.05, 0.1) is 17.0 Å². The first-order valence-corrected chi connectivity index (χ1v) is 7.51. The van der Waals surface area contributed by atoms with Gasteiger partial charge < -0.3 is 15.7 Å². The van der Waals surface area contributed by atoms with E-state index in [1.54, 1.807) is 12.3 Å². The van der Waals surface area contributed by atoms with Gasteiger partial charge in [-0.05, 0) is 18.2 Å². The van der Waals surface area contributed by atoms with Gasteiger partial charge in [-0.2, -0.15) is 0 Å². The zero-order valence-corrected chi connectivity index (χ0v) is 13.5. The van der Waals surface area contributed by atoms with E-state index in [0.717, 1.165) is 0 Å². The first kappa shape index (κ1) is 17.3. The first-order valence-electron chi connectivity index (χ1n) is 7.51. The Kier molecular flexibility index (Phi) is 5.78. The smallest absolute Gasteiger partial charge is 0.335 e. The average Bonchev–Trinajstić information content (AvgIpc) is 2.58. The number of carbonyl (C=O) groups is 2. The Morgan fingerprint density at radius 2 is 1.88 bits per heavy atom. The topological polar surface area (TPSA) is 117 Å². The van der Waals surface area contributed by atoms with Crippen LogP contribution in [-0.2, 0) is 4.79 Å². The van der Waals surface area contributed by atoms with Crippen LogP contribution in [0.3, 0.4) is 0 Å². The van der Waals surface area contributed by atoms with Gasteiger partial charge in [-0.3, -0.25) is 9.78 Å². The third-order valence-corrected chi connectivity index (χ3v) is 3.16. The molecule has 2 rings (SSSR count). The van der Waals surface area contributed by atoms with Crippen molar-refractivity contribution in [2.75, 3.05) is 18.4 Å². The lowest BCUT2D eigenvalue weighted by molar-refractivity contribution is -0.123. The molecule has 0 saturated carbocycles. The summed E-state index contributed by atoms with van der Waals surface area (Å²) in [5.41, 5.74) is 1.11. The molecule has 0 aliphatic carbocycles. The molecule has 0 fully saturated rings. The monoisotopic (exact) mass is 329 g/mol. The molecule has 2 heterocycles. The Labute approximate surface area is 139 Å². The number of aromatic carboxylic acids is 1. The van der Waals surface area contributed by atoms with Crippen molar-refractivity contribution in [1.82, 2.24) is 20.3 Å². The van der Waals surface area contributed by atoms with E-state index in [9.17, 15) is 9.59 Å². The summed E-state index contributed by atoms with van der Waals surface area (Å²) in [5, 5.41) is 14.8. The second kappa shape index (κ2) is 8.00. The Hall–Kier alpha value is -3.03. The van der Waals surface area contributed by atoms with E-state index >= 15 is 0 Å². The lowest BCUT2D eigenvalue weighted by Gasteiger charge is -2.09. The van der Waals surface area contributed by atoms with Crippen LogP contribution in [0, 0.1) is 5.92 Å². The zero-order valence-electron chi connectivity index (χ0n) is 13.5. The molecule has 0 saturated heterocycles. The number of carboxylic acid groups (broad SMARTS) is 1. The molecule has 0 bridgehead atoms. The number of hydrogen-bond acceptors (Lipinski definition) is 6. The van der Waals surface area contributed by atoms with Crippen molar-refractivity contribution in [3.05, 3.63) is 36.2 Å². The third-order valence-electron chi connectivity index (χ3n) is 3.16. The maximum atomic E-state index is 11.5. The number of nitrogens with one attached hydrogen (secondary N) is 2. The van der Waals surface area contributed by atoms with E-state index in [0.29, 0.717) is 30.4 Å². The van der Waals surface area contributed by atoms with Crippen molar-refractivity contribution < 1.29 is 14.7 Å². The number of nitrogens with zero attached hydrogens (tertiary/aromatic N) is 3. The molecule has 0 spiro atoms. The van der Waals surface area contributed by atoms with Crippen LogP contribution < -0.4 is 10.6 Å². The summed E-state index contributed by atoms with van der Waals surface area (Å²) in [6.45, 7) is 4.59. The molecule has 0 unspecified atom stereocenters. The summed E-state index contributed by atoms with van der Waals surface area (Å²) in [4.78, 5) is 35.0. The van der Waals surface area contributed by atoms with Gasteiger partial charge in [0.15, 0.2) is 0 Å². The number of aromatic nitrogens is 3. The molecule has 2 aromatic heterocycles. The first-order chi connectivity index (χ1) is 11.5. The van der Waals surface area contributed by atoms with Crippen molar-refractivity contribution in [2.24, 2.45) is 5.92 Å². The van der Waals surface area contributed by atoms with Gasteiger partial charge in [0.2, 0.25) is 11.9 Å². The van der Waals surface area contributed by atoms with Crippen molar-refractivity contribution in [3.63, 3.8) is 0 Å². The number of hydrogen-bond donors (Lipinski definition) is 3. The Bertz CT molecular complexity index is 733. The summed E-state index contributed by atoms with van der Waals surface area (Å²) in [5.74, 6) is -0.709. The standard InChI is InChI=1S/C16H19N5O3/c1-10(2)14(22)18-7-8-20-16-19-6-4-12(21-16)13-9-11(15(23)24)3-5-17-13/h3-6,9-10H,7-8H2,1-2H3,(H,18,22)(H,23,24)(H,19,20,21). The number of amides is 1. The van der Waals surface area contributed by atoms with Crippen LogP contribution in [0.5, 0.6) is 0 Å². The fraction of sp³-hybridized carbons (Fsp3) is 0.312. The molecule has 0 aliphatic rings. The van der Waals surface area contributed by atoms with Gasteiger partial charge in [-0.25, -0.2) is 14.8 Å². The lowest BCUT2D eigenvalue weighted by Crippen LogP contribution is -2.32. The summed E-state index contributed by atoms with van der Waals surface area (Å²) in [6, 6.07) is 4.53. The van der Waals surface area contributed by atoms with Crippen LogP contribution in [0.15, 0.2) is 30.6 Å². The molecule has 0 aliphatic heterocycles. The minimum Gasteiger partial charge on any atom is -0.478 e. The maximum absolute atomic E-state index is 11.5. The number of carboxylic acids is 1. The SMILES string of the molecule is CC(C)C(=O)NCCNc1nccc(-c2cc(C(=O)O)ccn2)n1. The number of rotatable bonds is 7. The second-order valence-electron chi connectivity index (χ2n) is 5.37. The maximum Gasteiger partial charge on any atom is 0.335 e. The molecule has 1 amide bonds. The minimum atomic E-state index is -1.02. The van der Waals surface area contributed by atoms with Crippen LogP contribution in [0.4, 0.5) is 5.95 Å². The quantitative estimate of drug-likeness (QED) is 0.658. The van der Waals surface area contributed by atoms with E-state index in [4.69, 9.17) is 5.11 Å².